The van der Waals surface area contributed by atoms with Crippen LogP contribution in [0.3, 0.4) is 0 Å². The summed E-state index contributed by atoms with van der Waals surface area (Å²) in [6.07, 6.45) is 1.37. The van der Waals surface area contributed by atoms with Gasteiger partial charge in [-0.25, -0.2) is 0 Å². The van der Waals surface area contributed by atoms with Gasteiger partial charge < -0.3 is 5.11 Å². The molecule has 2 rings (SSSR count). The SMILES string of the molecule is Cc1cccc(N=Cc2cc(Cl)cc([N+](=O)[O-])c2O)c1C. The minimum Gasteiger partial charge on any atom is -0.502 e. The highest BCUT2D eigenvalue weighted by molar-refractivity contribution is 6.31. The maximum Gasteiger partial charge on any atom is 0.312 e. The first-order valence-corrected chi connectivity index (χ1v) is 6.55. The van der Waals surface area contributed by atoms with Crippen molar-refractivity contribution in [2.75, 3.05) is 0 Å². The Morgan fingerprint density at radius 1 is 1.33 bits per heavy atom. The monoisotopic (exact) mass is 304 g/mol. The number of nitro benzene ring substituents is 1. The van der Waals surface area contributed by atoms with E-state index >= 15 is 0 Å². The van der Waals surface area contributed by atoms with Crippen molar-refractivity contribution in [3.05, 3.63) is 62.2 Å². The Hall–Kier alpha value is -2.40. The van der Waals surface area contributed by atoms with Crippen molar-refractivity contribution in [2.24, 2.45) is 4.99 Å². The summed E-state index contributed by atoms with van der Waals surface area (Å²) < 4.78 is 0. The fourth-order valence-electron chi connectivity index (χ4n) is 1.86. The summed E-state index contributed by atoms with van der Waals surface area (Å²) in [7, 11) is 0. The first kappa shape index (κ1) is 15.0. The van der Waals surface area contributed by atoms with Crippen molar-refractivity contribution in [1.29, 1.82) is 0 Å². The average molecular weight is 305 g/mol. The van der Waals surface area contributed by atoms with Crippen molar-refractivity contribution in [2.45, 2.75) is 13.8 Å². The fraction of sp³-hybridized carbons (Fsp3) is 0.133. The molecule has 0 saturated heterocycles. The van der Waals surface area contributed by atoms with Crippen LogP contribution in [0.1, 0.15) is 16.7 Å². The number of nitro groups is 1. The lowest BCUT2D eigenvalue weighted by Crippen LogP contribution is -1.92. The Labute approximate surface area is 126 Å². The molecule has 0 atom stereocenters. The summed E-state index contributed by atoms with van der Waals surface area (Å²) in [5.74, 6) is -0.446. The Morgan fingerprint density at radius 3 is 2.71 bits per heavy atom. The Balaban J connectivity index is 2.46. The third-order valence-electron chi connectivity index (χ3n) is 3.20. The summed E-state index contributed by atoms with van der Waals surface area (Å²) in [6.45, 7) is 3.90. The van der Waals surface area contributed by atoms with Crippen LogP contribution in [0.25, 0.3) is 0 Å². The number of aromatic hydroxyl groups is 1. The number of nitrogens with zero attached hydrogens (tertiary/aromatic N) is 2. The van der Waals surface area contributed by atoms with Gasteiger partial charge in [0.2, 0.25) is 5.75 Å². The number of rotatable bonds is 3. The molecule has 0 heterocycles. The second-order valence-corrected chi connectivity index (χ2v) is 5.03. The first-order chi connectivity index (χ1) is 9.90. The number of phenolic OH excluding ortho intramolecular Hbond substituents is 1. The van der Waals surface area contributed by atoms with Crippen LogP contribution in [0.5, 0.6) is 5.75 Å². The molecule has 2 aromatic carbocycles. The third kappa shape index (κ3) is 3.20. The standard InChI is InChI=1S/C15H13ClN2O3/c1-9-4-3-5-13(10(9)2)17-8-11-6-12(16)7-14(15(11)19)18(20)21/h3-8,19H,1-2H3. The Kier molecular flexibility index (Phi) is 4.23. The highest BCUT2D eigenvalue weighted by Gasteiger charge is 2.17. The van der Waals surface area contributed by atoms with Gasteiger partial charge in [0.25, 0.3) is 0 Å². The van der Waals surface area contributed by atoms with E-state index in [2.05, 4.69) is 4.99 Å². The van der Waals surface area contributed by atoms with Crippen LogP contribution in [0.2, 0.25) is 5.02 Å². The van der Waals surface area contributed by atoms with Crippen molar-refractivity contribution >= 4 is 29.2 Å². The Bertz CT molecular complexity index is 742. The molecule has 0 fully saturated rings. The number of halogens is 1. The topological polar surface area (TPSA) is 75.7 Å². The molecule has 6 heteroatoms. The molecule has 2 aromatic rings. The molecule has 0 radical (unpaired) electrons. The van der Waals surface area contributed by atoms with Gasteiger partial charge >= 0.3 is 5.69 Å². The molecule has 0 spiro atoms. The number of hydrogen-bond donors (Lipinski definition) is 1. The predicted octanol–water partition coefficient (Wildman–Crippen LogP) is 4.32. The van der Waals surface area contributed by atoms with Gasteiger partial charge in [-0.3, -0.25) is 15.1 Å². The fourth-order valence-corrected chi connectivity index (χ4v) is 2.08. The quantitative estimate of drug-likeness (QED) is 0.521. The second-order valence-electron chi connectivity index (χ2n) is 4.60. The summed E-state index contributed by atoms with van der Waals surface area (Å²) in [4.78, 5) is 14.4. The highest BCUT2D eigenvalue weighted by Crippen LogP contribution is 2.32. The van der Waals surface area contributed by atoms with E-state index in [0.29, 0.717) is 0 Å². The van der Waals surface area contributed by atoms with E-state index in [-0.39, 0.29) is 10.6 Å². The normalized spacial score (nSPS) is 11.0. The van der Waals surface area contributed by atoms with E-state index in [0.717, 1.165) is 22.9 Å². The highest BCUT2D eigenvalue weighted by atomic mass is 35.5. The zero-order valence-corrected chi connectivity index (χ0v) is 12.3. The zero-order chi connectivity index (χ0) is 15.6. The van der Waals surface area contributed by atoms with Crippen molar-refractivity contribution in [3.63, 3.8) is 0 Å². The first-order valence-electron chi connectivity index (χ1n) is 6.17. The van der Waals surface area contributed by atoms with Crippen molar-refractivity contribution in [1.82, 2.24) is 0 Å². The molecule has 108 valence electrons. The molecule has 5 nitrogen and oxygen atoms in total. The van der Waals surface area contributed by atoms with Gasteiger partial charge in [-0.15, -0.1) is 0 Å². The second kappa shape index (κ2) is 5.93. The maximum atomic E-state index is 10.8. The van der Waals surface area contributed by atoms with Crippen LogP contribution < -0.4 is 0 Å². The van der Waals surface area contributed by atoms with E-state index in [4.69, 9.17) is 11.6 Å². The molecule has 0 amide bonds. The minimum atomic E-state index is -0.684. The van der Waals surface area contributed by atoms with Gasteiger partial charge in [0.05, 0.1) is 10.6 Å². The molecule has 0 aliphatic rings. The molecule has 0 unspecified atom stereocenters. The van der Waals surface area contributed by atoms with E-state index in [9.17, 15) is 15.2 Å². The minimum absolute atomic E-state index is 0.168. The van der Waals surface area contributed by atoms with E-state index < -0.39 is 16.4 Å². The number of hydrogen-bond acceptors (Lipinski definition) is 4. The number of aliphatic imine (C=N–C) groups is 1. The van der Waals surface area contributed by atoms with E-state index in [1.807, 2.05) is 32.0 Å². The van der Waals surface area contributed by atoms with Crippen LogP contribution in [-0.4, -0.2) is 16.2 Å². The number of aryl methyl sites for hydroxylation is 1. The van der Waals surface area contributed by atoms with Crippen LogP contribution in [0.4, 0.5) is 11.4 Å². The van der Waals surface area contributed by atoms with E-state index in [1.54, 1.807) is 0 Å². The molecule has 1 N–H and O–H groups in total. The summed E-state index contributed by atoms with van der Waals surface area (Å²) >= 11 is 5.83. The molecule has 21 heavy (non-hydrogen) atoms. The van der Waals surface area contributed by atoms with Crippen LogP contribution in [0, 0.1) is 24.0 Å². The molecule has 0 aromatic heterocycles. The lowest BCUT2D eigenvalue weighted by atomic mass is 10.1. The molecule has 0 bridgehead atoms. The Morgan fingerprint density at radius 2 is 2.05 bits per heavy atom. The number of phenols is 1. The largest absolute Gasteiger partial charge is 0.502 e. The van der Waals surface area contributed by atoms with Gasteiger partial charge in [-0.2, -0.15) is 0 Å². The van der Waals surface area contributed by atoms with Gasteiger partial charge in [0.15, 0.2) is 0 Å². The molecule has 0 saturated carbocycles. The molecule has 0 aliphatic carbocycles. The lowest BCUT2D eigenvalue weighted by Gasteiger charge is -2.04. The van der Waals surface area contributed by atoms with E-state index in [1.165, 1.54) is 12.3 Å². The molecular weight excluding hydrogens is 292 g/mol. The van der Waals surface area contributed by atoms with Gasteiger partial charge in [0.1, 0.15) is 0 Å². The van der Waals surface area contributed by atoms with Gasteiger partial charge in [0, 0.05) is 22.9 Å². The molecule has 0 aliphatic heterocycles. The smallest absolute Gasteiger partial charge is 0.312 e. The maximum absolute atomic E-state index is 10.8. The van der Waals surface area contributed by atoms with Crippen molar-refractivity contribution < 1.29 is 10.0 Å². The van der Waals surface area contributed by atoms with Crippen LogP contribution in [-0.2, 0) is 0 Å². The van der Waals surface area contributed by atoms with Crippen molar-refractivity contribution in [3.8, 4) is 5.75 Å². The summed E-state index contributed by atoms with van der Waals surface area (Å²) in [6, 6.07) is 8.20. The zero-order valence-electron chi connectivity index (χ0n) is 11.5. The van der Waals surface area contributed by atoms with Crippen LogP contribution in [0.15, 0.2) is 35.3 Å². The number of benzene rings is 2. The molecular formula is C15H13ClN2O3. The summed E-state index contributed by atoms with van der Waals surface area (Å²) in [5.41, 5.74) is 2.59. The van der Waals surface area contributed by atoms with Crippen LogP contribution >= 0.6 is 11.6 Å². The van der Waals surface area contributed by atoms with Gasteiger partial charge in [-0.05, 0) is 37.1 Å². The summed E-state index contributed by atoms with van der Waals surface area (Å²) in [5, 5.41) is 20.9. The predicted molar refractivity (Wildman–Crippen MR) is 82.9 cm³/mol. The average Bonchev–Trinajstić information content (AvgIpc) is 2.43. The lowest BCUT2D eigenvalue weighted by molar-refractivity contribution is -0.385. The van der Waals surface area contributed by atoms with Gasteiger partial charge in [-0.1, -0.05) is 23.7 Å². The third-order valence-corrected chi connectivity index (χ3v) is 3.42.